The molecule has 0 spiro atoms. The SMILES string of the molecule is O=C(CO)c1cnc(N2CCN(S(=O)(=O)c3ccc4ccccc4c3)CC2)nc1CO. The first-order chi connectivity index (χ1) is 14.9. The van der Waals surface area contributed by atoms with E-state index in [1.807, 2.05) is 24.3 Å². The maximum Gasteiger partial charge on any atom is 0.243 e. The summed E-state index contributed by atoms with van der Waals surface area (Å²) in [7, 11) is -3.64. The van der Waals surface area contributed by atoms with Crippen LogP contribution in [-0.4, -0.2) is 71.5 Å². The van der Waals surface area contributed by atoms with E-state index in [1.165, 1.54) is 10.5 Å². The van der Waals surface area contributed by atoms with E-state index in [4.69, 9.17) is 5.11 Å². The van der Waals surface area contributed by atoms with Crippen LogP contribution < -0.4 is 4.90 Å². The lowest BCUT2D eigenvalue weighted by molar-refractivity contribution is 0.0899. The molecule has 0 aliphatic carbocycles. The fraction of sp³-hybridized carbons (Fsp3) is 0.286. The number of nitrogens with zero attached hydrogens (tertiary/aromatic N) is 4. The van der Waals surface area contributed by atoms with Crippen LogP contribution in [0.4, 0.5) is 5.95 Å². The molecule has 0 unspecified atom stereocenters. The van der Waals surface area contributed by atoms with Crippen molar-refractivity contribution in [3.8, 4) is 0 Å². The molecule has 162 valence electrons. The highest BCUT2D eigenvalue weighted by Gasteiger charge is 2.30. The maximum absolute atomic E-state index is 13.1. The largest absolute Gasteiger partial charge is 0.390 e. The molecule has 1 aromatic heterocycles. The summed E-state index contributed by atoms with van der Waals surface area (Å²) in [4.78, 5) is 22.2. The molecule has 1 fully saturated rings. The lowest BCUT2D eigenvalue weighted by Gasteiger charge is -2.34. The predicted octanol–water partition coefficient (Wildman–Crippen LogP) is 0.808. The third kappa shape index (κ3) is 4.15. The van der Waals surface area contributed by atoms with Crippen LogP contribution in [0, 0.1) is 0 Å². The number of ketones is 1. The fourth-order valence-corrected chi connectivity index (χ4v) is 5.06. The van der Waals surface area contributed by atoms with Crippen molar-refractivity contribution in [1.29, 1.82) is 0 Å². The highest BCUT2D eigenvalue weighted by Crippen LogP contribution is 2.24. The molecule has 0 atom stereocenters. The second-order valence-electron chi connectivity index (χ2n) is 7.17. The zero-order chi connectivity index (χ0) is 22.0. The van der Waals surface area contributed by atoms with Crippen molar-refractivity contribution in [2.75, 3.05) is 37.7 Å². The number of Topliss-reactive ketones (excluding diaryl/α,β-unsaturated/α-hetero) is 1. The summed E-state index contributed by atoms with van der Waals surface area (Å²) in [6, 6.07) is 12.7. The van der Waals surface area contributed by atoms with Crippen LogP contribution in [0.25, 0.3) is 10.8 Å². The van der Waals surface area contributed by atoms with Gasteiger partial charge in [-0.05, 0) is 22.9 Å². The normalized spacial score (nSPS) is 15.4. The summed E-state index contributed by atoms with van der Waals surface area (Å²) in [5, 5.41) is 20.4. The highest BCUT2D eigenvalue weighted by atomic mass is 32.2. The van der Waals surface area contributed by atoms with Crippen LogP contribution >= 0.6 is 0 Å². The topological polar surface area (TPSA) is 124 Å². The molecule has 3 aromatic rings. The van der Waals surface area contributed by atoms with E-state index in [0.717, 1.165) is 10.8 Å². The number of fused-ring (bicyclic) bond motifs is 1. The third-order valence-corrected chi connectivity index (χ3v) is 7.22. The zero-order valence-electron chi connectivity index (χ0n) is 16.7. The van der Waals surface area contributed by atoms with Crippen LogP contribution in [0.1, 0.15) is 16.1 Å². The van der Waals surface area contributed by atoms with Crippen molar-refractivity contribution in [1.82, 2.24) is 14.3 Å². The van der Waals surface area contributed by atoms with Gasteiger partial charge in [0, 0.05) is 32.4 Å². The Morgan fingerprint density at radius 1 is 1.00 bits per heavy atom. The second-order valence-corrected chi connectivity index (χ2v) is 9.11. The molecule has 0 saturated carbocycles. The maximum atomic E-state index is 13.1. The summed E-state index contributed by atoms with van der Waals surface area (Å²) in [6.45, 7) is 0.0818. The molecule has 0 amide bonds. The van der Waals surface area contributed by atoms with E-state index >= 15 is 0 Å². The molecular formula is C21H22N4O5S. The Hall–Kier alpha value is -2.92. The Morgan fingerprint density at radius 2 is 1.71 bits per heavy atom. The lowest BCUT2D eigenvalue weighted by Crippen LogP contribution is -2.49. The number of hydrogen-bond donors (Lipinski definition) is 2. The number of aliphatic hydroxyl groups is 2. The van der Waals surface area contributed by atoms with E-state index in [2.05, 4.69) is 9.97 Å². The first kappa shape index (κ1) is 21.3. The summed E-state index contributed by atoms with van der Waals surface area (Å²) in [6.07, 6.45) is 1.28. The van der Waals surface area contributed by atoms with E-state index in [9.17, 15) is 18.3 Å². The molecule has 0 bridgehead atoms. The number of rotatable bonds is 6. The lowest BCUT2D eigenvalue weighted by atomic mass is 10.1. The number of aliphatic hydroxyl groups excluding tert-OH is 2. The number of piperazine rings is 1. The Balaban J connectivity index is 1.50. The quantitative estimate of drug-likeness (QED) is 0.538. The van der Waals surface area contributed by atoms with Crippen LogP contribution in [0.15, 0.2) is 53.6 Å². The molecule has 1 aliphatic rings. The van der Waals surface area contributed by atoms with Gasteiger partial charge < -0.3 is 15.1 Å². The highest BCUT2D eigenvalue weighted by molar-refractivity contribution is 7.89. The van der Waals surface area contributed by atoms with Gasteiger partial charge in [0.1, 0.15) is 6.61 Å². The molecule has 1 aliphatic heterocycles. The molecule has 1 saturated heterocycles. The predicted molar refractivity (Wildman–Crippen MR) is 114 cm³/mol. The van der Waals surface area contributed by atoms with Crippen molar-refractivity contribution < 1.29 is 23.4 Å². The van der Waals surface area contributed by atoms with Gasteiger partial charge in [-0.2, -0.15) is 4.31 Å². The van der Waals surface area contributed by atoms with E-state index in [1.54, 1.807) is 23.1 Å². The van der Waals surface area contributed by atoms with Gasteiger partial charge in [0.25, 0.3) is 0 Å². The van der Waals surface area contributed by atoms with Gasteiger partial charge in [0.15, 0.2) is 5.78 Å². The molecule has 31 heavy (non-hydrogen) atoms. The molecule has 10 heteroatoms. The summed E-state index contributed by atoms with van der Waals surface area (Å²) in [5.41, 5.74) is 0.210. The van der Waals surface area contributed by atoms with E-state index < -0.39 is 29.0 Å². The van der Waals surface area contributed by atoms with E-state index in [-0.39, 0.29) is 29.2 Å². The molecule has 4 rings (SSSR count). The standard InChI is InChI=1S/C21H22N4O5S/c26-13-19-18(20(28)14-27)12-22-21(23-19)24-7-9-25(10-8-24)31(29,30)17-6-5-15-3-1-2-4-16(15)11-17/h1-6,11-12,26-27H,7-10,13-14H2. The fourth-order valence-electron chi connectivity index (χ4n) is 3.60. The van der Waals surface area contributed by atoms with Gasteiger partial charge in [-0.1, -0.05) is 30.3 Å². The third-order valence-electron chi connectivity index (χ3n) is 5.33. The monoisotopic (exact) mass is 442 g/mol. The van der Waals surface area contributed by atoms with Gasteiger partial charge in [-0.15, -0.1) is 0 Å². The number of benzene rings is 2. The molecule has 2 N–H and O–H groups in total. The van der Waals surface area contributed by atoms with Crippen molar-refractivity contribution in [3.63, 3.8) is 0 Å². The Morgan fingerprint density at radius 3 is 2.39 bits per heavy atom. The number of carbonyl (C=O) groups excluding carboxylic acids is 1. The van der Waals surface area contributed by atoms with E-state index in [0.29, 0.717) is 19.0 Å². The Bertz CT molecular complexity index is 1220. The molecule has 2 heterocycles. The molecular weight excluding hydrogens is 420 g/mol. The summed E-state index contributed by atoms with van der Waals surface area (Å²) < 4.78 is 27.7. The van der Waals surface area contributed by atoms with Gasteiger partial charge in [0.05, 0.1) is 22.8 Å². The summed E-state index contributed by atoms with van der Waals surface area (Å²) in [5.74, 6) is -0.261. The van der Waals surface area contributed by atoms with Crippen LogP contribution in [-0.2, 0) is 16.6 Å². The average Bonchev–Trinajstić information content (AvgIpc) is 2.82. The first-order valence-electron chi connectivity index (χ1n) is 9.79. The van der Waals surface area contributed by atoms with Gasteiger partial charge in [0.2, 0.25) is 16.0 Å². The summed E-state index contributed by atoms with van der Waals surface area (Å²) >= 11 is 0. The minimum Gasteiger partial charge on any atom is -0.390 e. The average molecular weight is 442 g/mol. The number of hydrogen-bond acceptors (Lipinski definition) is 8. The molecule has 9 nitrogen and oxygen atoms in total. The number of sulfonamides is 1. The number of aromatic nitrogens is 2. The van der Waals surface area contributed by atoms with Crippen LogP contribution in [0.2, 0.25) is 0 Å². The number of carbonyl (C=O) groups is 1. The van der Waals surface area contributed by atoms with Crippen molar-refractivity contribution in [2.45, 2.75) is 11.5 Å². The first-order valence-corrected chi connectivity index (χ1v) is 11.2. The molecule has 0 radical (unpaired) electrons. The smallest absolute Gasteiger partial charge is 0.243 e. The Labute approximate surface area is 179 Å². The second kappa shape index (κ2) is 8.67. The van der Waals surface area contributed by atoms with Crippen LogP contribution in [0.3, 0.4) is 0 Å². The van der Waals surface area contributed by atoms with Gasteiger partial charge in [-0.25, -0.2) is 18.4 Å². The van der Waals surface area contributed by atoms with Gasteiger partial charge in [-0.3, -0.25) is 4.79 Å². The van der Waals surface area contributed by atoms with Crippen molar-refractivity contribution in [2.24, 2.45) is 0 Å². The van der Waals surface area contributed by atoms with Crippen LogP contribution in [0.5, 0.6) is 0 Å². The van der Waals surface area contributed by atoms with Crippen molar-refractivity contribution >= 4 is 32.5 Å². The molecule has 2 aromatic carbocycles. The van der Waals surface area contributed by atoms with Crippen molar-refractivity contribution in [3.05, 3.63) is 59.9 Å². The minimum atomic E-state index is -3.64. The zero-order valence-corrected chi connectivity index (χ0v) is 17.5. The minimum absolute atomic E-state index is 0.0752. The van der Waals surface area contributed by atoms with Gasteiger partial charge >= 0.3 is 0 Å². The number of anilines is 1. The Kier molecular flexibility index (Phi) is 5.96.